The maximum atomic E-state index is 9.94. The van der Waals surface area contributed by atoms with Gasteiger partial charge in [-0.05, 0) is 31.5 Å². The first-order chi connectivity index (χ1) is 13.2. The Morgan fingerprint density at radius 2 is 2.00 bits per heavy atom. The first-order valence-corrected chi connectivity index (χ1v) is 10.1. The standard InChI is InChI=1S/C19H25N3O4S/c1-3-24-18(23)17-11-20-19(27-17)22-8-6-21(7-9-22)13(2)14-4-5-15-16(10-14)26-12-25-15/h4-5,10-11,13,18,23H,3,6-9,12H2,1-2H3. The first-order valence-electron chi connectivity index (χ1n) is 9.29. The van der Waals surface area contributed by atoms with E-state index in [-0.39, 0.29) is 0 Å². The van der Waals surface area contributed by atoms with Gasteiger partial charge in [-0.1, -0.05) is 17.4 Å². The van der Waals surface area contributed by atoms with E-state index in [0.717, 1.165) is 47.7 Å². The molecule has 2 unspecified atom stereocenters. The minimum atomic E-state index is -0.881. The number of ether oxygens (including phenoxy) is 3. The van der Waals surface area contributed by atoms with Crippen LogP contribution in [0.2, 0.25) is 0 Å². The molecule has 4 rings (SSSR count). The number of aromatic nitrogens is 1. The maximum absolute atomic E-state index is 9.94. The lowest BCUT2D eigenvalue weighted by Gasteiger charge is -2.38. The average molecular weight is 391 g/mol. The van der Waals surface area contributed by atoms with Gasteiger partial charge in [0, 0.05) is 45.0 Å². The van der Waals surface area contributed by atoms with Gasteiger partial charge in [0.1, 0.15) is 0 Å². The fourth-order valence-corrected chi connectivity index (χ4v) is 4.36. The summed E-state index contributed by atoms with van der Waals surface area (Å²) in [6.07, 6.45) is 0.829. The van der Waals surface area contributed by atoms with Crippen LogP contribution in [-0.4, -0.2) is 54.6 Å². The fraction of sp³-hybridized carbons (Fsp3) is 0.526. The molecule has 2 aliphatic heterocycles. The Morgan fingerprint density at radius 1 is 1.22 bits per heavy atom. The molecule has 0 amide bonds. The van der Waals surface area contributed by atoms with Crippen molar-refractivity contribution in [2.45, 2.75) is 26.2 Å². The van der Waals surface area contributed by atoms with Crippen molar-refractivity contribution in [3.05, 3.63) is 34.8 Å². The largest absolute Gasteiger partial charge is 0.454 e. The third-order valence-corrected chi connectivity index (χ3v) is 6.18. The third-order valence-electron chi connectivity index (χ3n) is 5.09. The summed E-state index contributed by atoms with van der Waals surface area (Å²) >= 11 is 1.50. The van der Waals surface area contributed by atoms with Crippen molar-refractivity contribution in [2.24, 2.45) is 0 Å². The quantitative estimate of drug-likeness (QED) is 0.760. The number of piperazine rings is 1. The Bertz CT molecular complexity index is 776. The Hall–Kier alpha value is -1.87. The van der Waals surface area contributed by atoms with E-state index >= 15 is 0 Å². The lowest BCUT2D eigenvalue weighted by atomic mass is 10.1. The number of hydrogen-bond donors (Lipinski definition) is 1. The molecule has 0 saturated carbocycles. The smallest absolute Gasteiger partial charge is 0.231 e. The molecule has 3 heterocycles. The summed E-state index contributed by atoms with van der Waals surface area (Å²) < 4.78 is 16.1. The van der Waals surface area contributed by atoms with E-state index in [1.54, 1.807) is 6.20 Å². The lowest BCUT2D eigenvalue weighted by molar-refractivity contribution is -0.0956. The van der Waals surface area contributed by atoms with Crippen molar-refractivity contribution in [3.63, 3.8) is 0 Å². The maximum Gasteiger partial charge on any atom is 0.231 e. The minimum Gasteiger partial charge on any atom is -0.454 e. The highest BCUT2D eigenvalue weighted by Gasteiger charge is 2.25. The van der Waals surface area contributed by atoms with Crippen LogP contribution < -0.4 is 14.4 Å². The molecule has 1 saturated heterocycles. The lowest BCUT2D eigenvalue weighted by Crippen LogP contribution is -2.47. The summed E-state index contributed by atoms with van der Waals surface area (Å²) in [7, 11) is 0. The molecular formula is C19H25N3O4S. The minimum absolute atomic E-state index is 0.305. The Morgan fingerprint density at radius 3 is 2.78 bits per heavy atom. The van der Waals surface area contributed by atoms with Crippen molar-refractivity contribution < 1.29 is 19.3 Å². The van der Waals surface area contributed by atoms with Crippen LogP contribution in [0.3, 0.4) is 0 Å². The summed E-state index contributed by atoms with van der Waals surface area (Å²) in [6, 6.07) is 6.51. The molecule has 0 radical (unpaired) electrons. The van der Waals surface area contributed by atoms with Crippen molar-refractivity contribution in [1.29, 1.82) is 0 Å². The van der Waals surface area contributed by atoms with Crippen LogP contribution >= 0.6 is 11.3 Å². The molecule has 1 aromatic carbocycles. The van der Waals surface area contributed by atoms with Crippen LogP contribution in [0.5, 0.6) is 11.5 Å². The van der Waals surface area contributed by atoms with Crippen molar-refractivity contribution in [3.8, 4) is 11.5 Å². The van der Waals surface area contributed by atoms with Gasteiger partial charge in [0.2, 0.25) is 6.79 Å². The van der Waals surface area contributed by atoms with Crippen molar-refractivity contribution in [1.82, 2.24) is 9.88 Å². The van der Waals surface area contributed by atoms with Crippen LogP contribution in [0.1, 0.15) is 36.6 Å². The van der Waals surface area contributed by atoms with Gasteiger partial charge in [-0.3, -0.25) is 4.90 Å². The highest BCUT2D eigenvalue weighted by molar-refractivity contribution is 7.15. The van der Waals surface area contributed by atoms with Crippen LogP contribution in [0, 0.1) is 0 Å². The van der Waals surface area contributed by atoms with E-state index in [4.69, 9.17) is 14.2 Å². The molecule has 2 atom stereocenters. The van der Waals surface area contributed by atoms with Gasteiger partial charge in [-0.2, -0.15) is 0 Å². The fourth-order valence-electron chi connectivity index (χ4n) is 3.46. The van der Waals surface area contributed by atoms with Crippen LogP contribution in [0.4, 0.5) is 5.13 Å². The predicted octanol–water partition coefficient (Wildman–Crippen LogP) is 2.78. The second-order valence-electron chi connectivity index (χ2n) is 6.66. The molecule has 27 heavy (non-hydrogen) atoms. The van der Waals surface area contributed by atoms with E-state index < -0.39 is 6.29 Å². The first kappa shape index (κ1) is 18.5. The number of aliphatic hydroxyl groups excluding tert-OH is 1. The number of rotatable bonds is 6. The monoisotopic (exact) mass is 391 g/mol. The SMILES string of the molecule is CCOC(O)c1cnc(N2CCN(C(C)c3ccc4c(c3)OCO4)CC2)s1. The number of benzene rings is 1. The van der Waals surface area contributed by atoms with Crippen LogP contribution in [-0.2, 0) is 4.74 Å². The van der Waals surface area contributed by atoms with E-state index in [1.807, 2.05) is 13.0 Å². The number of hydrogen-bond acceptors (Lipinski definition) is 8. The Labute approximate surface area is 163 Å². The summed E-state index contributed by atoms with van der Waals surface area (Å²) in [5, 5.41) is 10.9. The molecule has 1 N–H and O–H groups in total. The topological polar surface area (TPSA) is 67.3 Å². The van der Waals surface area contributed by atoms with Gasteiger partial charge in [0.15, 0.2) is 22.9 Å². The van der Waals surface area contributed by atoms with E-state index in [1.165, 1.54) is 16.9 Å². The van der Waals surface area contributed by atoms with Crippen molar-refractivity contribution in [2.75, 3.05) is 44.5 Å². The average Bonchev–Trinajstić information content (AvgIpc) is 3.36. The summed E-state index contributed by atoms with van der Waals surface area (Å²) in [4.78, 5) is 9.96. The van der Waals surface area contributed by atoms with E-state index in [2.05, 4.69) is 33.8 Å². The molecule has 1 fully saturated rings. The summed E-state index contributed by atoms with van der Waals surface area (Å²) in [5.41, 5.74) is 1.24. The molecule has 8 heteroatoms. The van der Waals surface area contributed by atoms with Crippen LogP contribution in [0.15, 0.2) is 24.4 Å². The van der Waals surface area contributed by atoms with Gasteiger partial charge in [0.25, 0.3) is 0 Å². The van der Waals surface area contributed by atoms with E-state index in [0.29, 0.717) is 19.4 Å². The molecule has 0 aliphatic carbocycles. The zero-order valence-corrected chi connectivity index (χ0v) is 16.4. The van der Waals surface area contributed by atoms with Crippen molar-refractivity contribution >= 4 is 16.5 Å². The highest BCUT2D eigenvalue weighted by atomic mass is 32.1. The molecule has 7 nitrogen and oxygen atoms in total. The molecular weight excluding hydrogens is 366 g/mol. The third kappa shape index (κ3) is 3.89. The number of anilines is 1. The van der Waals surface area contributed by atoms with Gasteiger partial charge in [-0.15, -0.1) is 0 Å². The van der Waals surface area contributed by atoms with Crippen LogP contribution in [0.25, 0.3) is 0 Å². The Kier molecular flexibility index (Phi) is 5.49. The second kappa shape index (κ2) is 8.02. The number of nitrogens with zero attached hydrogens (tertiary/aromatic N) is 3. The van der Waals surface area contributed by atoms with Gasteiger partial charge in [0.05, 0.1) is 4.88 Å². The number of aliphatic hydroxyl groups is 1. The van der Waals surface area contributed by atoms with Gasteiger partial charge < -0.3 is 24.2 Å². The summed E-state index contributed by atoms with van der Waals surface area (Å²) in [5.74, 6) is 1.66. The highest BCUT2D eigenvalue weighted by Crippen LogP contribution is 2.36. The molecule has 2 aromatic rings. The molecule has 0 spiro atoms. The number of thiazole rings is 1. The van der Waals surface area contributed by atoms with E-state index in [9.17, 15) is 5.11 Å². The molecule has 2 aliphatic rings. The Balaban J connectivity index is 1.36. The molecule has 1 aromatic heterocycles. The second-order valence-corrected chi connectivity index (χ2v) is 7.71. The zero-order chi connectivity index (χ0) is 18.8. The van der Waals surface area contributed by atoms with Gasteiger partial charge in [-0.25, -0.2) is 4.98 Å². The molecule has 0 bridgehead atoms. The number of fused-ring (bicyclic) bond motifs is 1. The summed E-state index contributed by atoms with van der Waals surface area (Å²) in [6.45, 7) is 8.61. The zero-order valence-electron chi connectivity index (χ0n) is 15.6. The predicted molar refractivity (Wildman–Crippen MR) is 103 cm³/mol. The normalized spacial score (nSPS) is 19.3. The van der Waals surface area contributed by atoms with Gasteiger partial charge >= 0.3 is 0 Å². The molecule has 146 valence electrons.